The van der Waals surface area contributed by atoms with Crippen LogP contribution in [0.5, 0.6) is 0 Å². The zero-order valence-corrected chi connectivity index (χ0v) is 17.8. The second kappa shape index (κ2) is 9.73. The van der Waals surface area contributed by atoms with Crippen molar-refractivity contribution < 1.29 is 18.8 Å². The smallest absolute Gasteiger partial charge is 0.290 e. The molecule has 3 rings (SSSR count). The summed E-state index contributed by atoms with van der Waals surface area (Å²) in [7, 11) is 0. The van der Waals surface area contributed by atoms with Crippen LogP contribution in [0.15, 0.2) is 45.5 Å². The SMILES string of the molecule is Cc1ccc(Br)cc1NC(=O)CCNC(=O)C1CCCCN1C(=O)c1ccco1. The fourth-order valence-electron chi connectivity index (χ4n) is 3.35. The van der Waals surface area contributed by atoms with E-state index >= 15 is 0 Å². The first-order valence-corrected chi connectivity index (χ1v) is 10.4. The Morgan fingerprint density at radius 1 is 1.24 bits per heavy atom. The van der Waals surface area contributed by atoms with Gasteiger partial charge < -0.3 is 20.0 Å². The maximum absolute atomic E-state index is 12.6. The van der Waals surface area contributed by atoms with Crippen LogP contribution < -0.4 is 10.6 Å². The number of piperidine rings is 1. The minimum atomic E-state index is -0.545. The lowest BCUT2D eigenvalue weighted by Crippen LogP contribution is -2.52. The molecule has 1 aliphatic heterocycles. The first kappa shape index (κ1) is 21.1. The molecule has 2 aromatic rings. The third kappa shape index (κ3) is 5.47. The molecule has 0 radical (unpaired) electrons. The number of halogens is 1. The lowest BCUT2D eigenvalue weighted by atomic mass is 10.0. The third-order valence-corrected chi connectivity index (χ3v) is 5.42. The standard InChI is InChI=1S/C21H24BrN3O4/c1-14-7-8-15(22)13-16(14)24-19(26)9-10-23-20(27)17-5-2-3-11-25(17)21(28)18-6-4-12-29-18/h4,6-8,12-13,17H,2-3,5,9-11H2,1H3,(H,23,27)(H,24,26). The highest BCUT2D eigenvalue weighted by molar-refractivity contribution is 9.10. The summed E-state index contributed by atoms with van der Waals surface area (Å²) in [6.45, 7) is 2.63. The van der Waals surface area contributed by atoms with Gasteiger partial charge in [-0.15, -0.1) is 0 Å². The Balaban J connectivity index is 1.51. The molecule has 1 aromatic heterocycles. The number of likely N-dealkylation sites (tertiary alicyclic amines) is 1. The van der Waals surface area contributed by atoms with Crippen molar-refractivity contribution in [1.82, 2.24) is 10.2 Å². The molecule has 0 bridgehead atoms. The van der Waals surface area contributed by atoms with Gasteiger partial charge in [0.05, 0.1) is 6.26 Å². The summed E-state index contributed by atoms with van der Waals surface area (Å²) in [4.78, 5) is 39.0. The van der Waals surface area contributed by atoms with Gasteiger partial charge in [0.15, 0.2) is 5.76 Å². The van der Waals surface area contributed by atoms with E-state index < -0.39 is 6.04 Å². The van der Waals surface area contributed by atoms with Crippen molar-refractivity contribution in [3.63, 3.8) is 0 Å². The van der Waals surface area contributed by atoms with Gasteiger partial charge in [0, 0.05) is 29.7 Å². The first-order chi connectivity index (χ1) is 14.0. The highest BCUT2D eigenvalue weighted by Gasteiger charge is 2.33. The summed E-state index contributed by atoms with van der Waals surface area (Å²) in [5.74, 6) is -0.471. The molecule has 154 valence electrons. The van der Waals surface area contributed by atoms with E-state index in [0.717, 1.165) is 28.6 Å². The average molecular weight is 462 g/mol. The van der Waals surface area contributed by atoms with Crippen LogP contribution in [-0.2, 0) is 9.59 Å². The van der Waals surface area contributed by atoms with E-state index in [1.165, 1.54) is 6.26 Å². The lowest BCUT2D eigenvalue weighted by Gasteiger charge is -2.34. The van der Waals surface area contributed by atoms with Gasteiger partial charge in [-0.3, -0.25) is 14.4 Å². The number of aryl methyl sites for hydroxylation is 1. The van der Waals surface area contributed by atoms with E-state index in [1.807, 2.05) is 25.1 Å². The van der Waals surface area contributed by atoms with E-state index in [0.29, 0.717) is 13.0 Å². The molecule has 1 aliphatic rings. The zero-order valence-electron chi connectivity index (χ0n) is 16.2. The van der Waals surface area contributed by atoms with E-state index in [2.05, 4.69) is 26.6 Å². The van der Waals surface area contributed by atoms with Crippen LogP contribution in [0.4, 0.5) is 5.69 Å². The maximum atomic E-state index is 12.6. The summed E-state index contributed by atoms with van der Waals surface area (Å²) in [5, 5.41) is 5.64. The van der Waals surface area contributed by atoms with Crippen LogP contribution in [0.2, 0.25) is 0 Å². The summed E-state index contributed by atoms with van der Waals surface area (Å²) in [6.07, 6.45) is 3.92. The minimum Gasteiger partial charge on any atom is -0.459 e. The second-order valence-electron chi connectivity index (χ2n) is 7.04. The zero-order chi connectivity index (χ0) is 20.8. The van der Waals surface area contributed by atoms with Crippen LogP contribution in [0.25, 0.3) is 0 Å². The number of anilines is 1. The molecule has 1 saturated heterocycles. The molecular weight excluding hydrogens is 438 g/mol. The highest BCUT2D eigenvalue weighted by Crippen LogP contribution is 2.21. The van der Waals surface area contributed by atoms with E-state index in [-0.39, 0.29) is 36.4 Å². The van der Waals surface area contributed by atoms with Crippen molar-refractivity contribution in [2.75, 3.05) is 18.4 Å². The molecule has 2 N–H and O–H groups in total. The van der Waals surface area contributed by atoms with Gasteiger partial charge in [0.2, 0.25) is 11.8 Å². The Morgan fingerprint density at radius 2 is 2.07 bits per heavy atom. The molecule has 29 heavy (non-hydrogen) atoms. The highest BCUT2D eigenvalue weighted by atomic mass is 79.9. The fraction of sp³-hybridized carbons (Fsp3) is 0.381. The van der Waals surface area contributed by atoms with Crippen molar-refractivity contribution in [2.24, 2.45) is 0 Å². The Labute approximate surface area is 178 Å². The Hall–Kier alpha value is -2.61. The van der Waals surface area contributed by atoms with Gasteiger partial charge in [-0.1, -0.05) is 22.0 Å². The topological polar surface area (TPSA) is 91.7 Å². The monoisotopic (exact) mass is 461 g/mol. The van der Waals surface area contributed by atoms with E-state index in [1.54, 1.807) is 17.0 Å². The minimum absolute atomic E-state index is 0.149. The number of carbonyl (C=O) groups is 3. The van der Waals surface area contributed by atoms with E-state index in [9.17, 15) is 14.4 Å². The van der Waals surface area contributed by atoms with Gasteiger partial charge in [-0.2, -0.15) is 0 Å². The number of hydrogen-bond acceptors (Lipinski definition) is 4. The molecule has 0 aliphatic carbocycles. The fourth-order valence-corrected chi connectivity index (χ4v) is 3.71. The molecular formula is C21H24BrN3O4. The molecule has 1 aromatic carbocycles. The van der Waals surface area contributed by atoms with Crippen LogP contribution in [0.1, 0.15) is 41.8 Å². The second-order valence-corrected chi connectivity index (χ2v) is 7.95. The van der Waals surface area contributed by atoms with E-state index in [4.69, 9.17) is 4.42 Å². The van der Waals surface area contributed by atoms with Crippen LogP contribution >= 0.6 is 15.9 Å². The first-order valence-electron chi connectivity index (χ1n) is 9.64. The molecule has 2 heterocycles. The Kier molecular flexibility index (Phi) is 7.09. The summed E-state index contributed by atoms with van der Waals surface area (Å²) >= 11 is 3.39. The maximum Gasteiger partial charge on any atom is 0.290 e. The van der Waals surface area contributed by atoms with Crippen molar-refractivity contribution >= 4 is 39.3 Å². The average Bonchev–Trinajstić information content (AvgIpc) is 3.25. The summed E-state index contributed by atoms with van der Waals surface area (Å²) in [6, 6.07) is 8.36. The number of nitrogens with one attached hydrogen (secondary N) is 2. The summed E-state index contributed by atoms with van der Waals surface area (Å²) < 4.78 is 6.06. The van der Waals surface area contributed by atoms with Crippen molar-refractivity contribution in [3.05, 3.63) is 52.4 Å². The number of hydrogen-bond donors (Lipinski definition) is 2. The molecule has 0 spiro atoms. The van der Waals surface area contributed by atoms with Crippen LogP contribution in [0, 0.1) is 6.92 Å². The van der Waals surface area contributed by atoms with Gasteiger partial charge in [0.25, 0.3) is 5.91 Å². The lowest BCUT2D eigenvalue weighted by molar-refractivity contribution is -0.126. The summed E-state index contributed by atoms with van der Waals surface area (Å²) in [5.41, 5.74) is 1.69. The molecule has 7 nitrogen and oxygen atoms in total. The molecule has 1 unspecified atom stereocenters. The van der Waals surface area contributed by atoms with Gasteiger partial charge >= 0.3 is 0 Å². The largest absolute Gasteiger partial charge is 0.459 e. The van der Waals surface area contributed by atoms with Crippen LogP contribution in [-0.4, -0.2) is 41.8 Å². The van der Waals surface area contributed by atoms with Crippen LogP contribution in [0.3, 0.4) is 0 Å². The Morgan fingerprint density at radius 3 is 2.83 bits per heavy atom. The molecule has 3 amide bonds. The third-order valence-electron chi connectivity index (χ3n) is 4.92. The number of amides is 3. The predicted octanol–water partition coefficient (Wildman–Crippen LogP) is 3.49. The number of furan rings is 1. The predicted molar refractivity (Wildman–Crippen MR) is 113 cm³/mol. The quantitative estimate of drug-likeness (QED) is 0.688. The van der Waals surface area contributed by atoms with Gasteiger partial charge in [-0.25, -0.2) is 0 Å². The molecule has 1 fully saturated rings. The Bertz CT molecular complexity index is 882. The number of benzene rings is 1. The molecule has 1 atom stereocenters. The van der Waals surface area contributed by atoms with Gasteiger partial charge in [-0.05, 0) is 56.0 Å². The normalized spacial score (nSPS) is 16.3. The number of rotatable bonds is 6. The molecule has 0 saturated carbocycles. The van der Waals surface area contributed by atoms with Gasteiger partial charge in [0.1, 0.15) is 6.04 Å². The van der Waals surface area contributed by atoms with Crippen molar-refractivity contribution in [1.29, 1.82) is 0 Å². The van der Waals surface area contributed by atoms with Crippen molar-refractivity contribution in [2.45, 2.75) is 38.6 Å². The number of carbonyl (C=O) groups excluding carboxylic acids is 3. The number of nitrogens with zero attached hydrogens (tertiary/aromatic N) is 1. The van der Waals surface area contributed by atoms with Crippen molar-refractivity contribution in [3.8, 4) is 0 Å². The molecule has 8 heteroatoms.